The Morgan fingerprint density at radius 3 is 2.78 bits per heavy atom. The van der Waals surface area contributed by atoms with E-state index in [9.17, 15) is 4.79 Å². The maximum atomic E-state index is 11.5. The van der Waals surface area contributed by atoms with E-state index in [0.29, 0.717) is 0 Å². The molecule has 0 atom stereocenters. The van der Waals surface area contributed by atoms with Crippen molar-refractivity contribution in [3.05, 3.63) is 24.3 Å². The Balaban J connectivity index is 1.87. The molecule has 1 aliphatic heterocycles. The molecule has 1 aliphatic rings. The molecule has 5 heteroatoms. The highest BCUT2D eigenvalue weighted by molar-refractivity contribution is 7.98. The second-order valence-electron chi connectivity index (χ2n) is 4.20. The molecule has 0 aromatic heterocycles. The normalized spacial score (nSPS) is 14.7. The van der Waals surface area contributed by atoms with Crippen molar-refractivity contribution in [2.45, 2.75) is 6.42 Å². The molecule has 0 radical (unpaired) electrons. The van der Waals surface area contributed by atoms with E-state index in [0.717, 1.165) is 37.4 Å². The van der Waals surface area contributed by atoms with Crippen LogP contribution in [0.2, 0.25) is 0 Å². The lowest BCUT2D eigenvalue weighted by molar-refractivity contribution is 0.252. The molecule has 4 nitrogen and oxygen atoms in total. The maximum Gasteiger partial charge on any atom is 0.321 e. The van der Waals surface area contributed by atoms with Gasteiger partial charge in [0.2, 0.25) is 0 Å². The fourth-order valence-corrected chi connectivity index (χ4v) is 2.36. The number of urea groups is 1. The summed E-state index contributed by atoms with van der Waals surface area (Å²) in [4.78, 5) is 13.3. The molecule has 1 aromatic carbocycles. The molecule has 2 N–H and O–H groups in total. The molecule has 0 bridgehead atoms. The minimum absolute atomic E-state index is 0.00400. The number of carbonyl (C=O) groups excluding carboxylic acids is 1. The molecule has 1 aromatic rings. The van der Waals surface area contributed by atoms with Gasteiger partial charge in [-0.25, -0.2) is 4.79 Å². The third-order valence-electron chi connectivity index (χ3n) is 2.89. The van der Waals surface area contributed by atoms with Crippen molar-refractivity contribution in [3.63, 3.8) is 0 Å². The summed E-state index contributed by atoms with van der Waals surface area (Å²) in [7, 11) is 0. The predicted molar refractivity (Wildman–Crippen MR) is 78.7 cm³/mol. The SMILES string of the molecule is CSCCCNc1ccc(N2CCNC2=O)cc1. The number of hydrogen-bond acceptors (Lipinski definition) is 3. The van der Waals surface area contributed by atoms with Crippen LogP contribution in [0, 0.1) is 0 Å². The monoisotopic (exact) mass is 265 g/mol. The van der Waals surface area contributed by atoms with Gasteiger partial charge in [0.25, 0.3) is 0 Å². The van der Waals surface area contributed by atoms with Crippen LogP contribution in [-0.4, -0.2) is 37.7 Å². The molecular weight excluding hydrogens is 246 g/mol. The van der Waals surface area contributed by atoms with Crippen molar-refractivity contribution in [1.29, 1.82) is 0 Å². The summed E-state index contributed by atoms with van der Waals surface area (Å²) in [6.07, 6.45) is 3.29. The first kappa shape index (κ1) is 13.1. The fraction of sp³-hybridized carbons (Fsp3) is 0.462. The number of anilines is 2. The second kappa shape index (κ2) is 6.54. The quantitative estimate of drug-likeness (QED) is 0.776. The summed E-state index contributed by atoms with van der Waals surface area (Å²) >= 11 is 1.87. The highest BCUT2D eigenvalue weighted by Gasteiger charge is 2.20. The van der Waals surface area contributed by atoms with Crippen molar-refractivity contribution in [2.24, 2.45) is 0 Å². The second-order valence-corrected chi connectivity index (χ2v) is 5.19. The van der Waals surface area contributed by atoms with Crippen molar-refractivity contribution in [2.75, 3.05) is 41.9 Å². The van der Waals surface area contributed by atoms with Crippen LogP contribution < -0.4 is 15.5 Å². The number of carbonyl (C=O) groups is 1. The Kier molecular flexibility index (Phi) is 4.75. The van der Waals surface area contributed by atoms with Crippen LogP contribution in [-0.2, 0) is 0 Å². The van der Waals surface area contributed by atoms with E-state index in [2.05, 4.69) is 16.9 Å². The number of benzene rings is 1. The number of amides is 2. The van der Waals surface area contributed by atoms with Crippen LogP contribution in [0.15, 0.2) is 24.3 Å². The van der Waals surface area contributed by atoms with Gasteiger partial charge in [-0.1, -0.05) is 0 Å². The molecule has 1 fully saturated rings. The van der Waals surface area contributed by atoms with Gasteiger partial charge in [-0.05, 0) is 42.7 Å². The smallest absolute Gasteiger partial charge is 0.321 e. The van der Waals surface area contributed by atoms with E-state index in [-0.39, 0.29) is 6.03 Å². The zero-order valence-electron chi connectivity index (χ0n) is 10.6. The van der Waals surface area contributed by atoms with Gasteiger partial charge in [0.1, 0.15) is 0 Å². The van der Waals surface area contributed by atoms with Crippen molar-refractivity contribution in [3.8, 4) is 0 Å². The number of thioether (sulfide) groups is 1. The number of hydrogen-bond donors (Lipinski definition) is 2. The Labute approximate surface area is 112 Å². The lowest BCUT2D eigenvalue weighted by atomic mass is 10.2. The minimum atomic E-state index is -0.00400. The Bertz CT molecular complexity index is 394. The Hall–Kier alpha value is -1.36. The van der Waals surface area contributed by atoms with E-state index in [1.807, 2.05) is 36.0 Å². The molecule has 2 amide bonds. The first-order chi connectivity index (χ1) is 8.81. The molecule has 98 valence electrons. The summed E-state index contributed by atoms with van der Waals surface area (Å²) < 4.78 is 0. The first-order valence-electron chi connectivity index (χ1n) is 6.19. The number of nitrogens with one attached hydrogen (secondary N) is 2. The summed E-state index contributed by atoms with van der Waals surface area (Å²) in [5, 5.41) is 6.18. The summed E-state index contributed by atoms with van der Waals surface area (Å²) in [5.74, 6) is 1.18. The molecule has 0 unspecified atom stereocenters. The average molecular weight is 265 g/mol. The van der Waals surface area contributed by atoms with E-state index < -0.39 is 0 Å². The van der Waals surface area contributed by atoms with Crippen LogP contribution in [0.4, 0.5) is 16.2 Å². The highest BCUT2D eigenvalue weighted by Crippen LogP contribution is 2.19. The largest absolute Gasteiger partial charge is 0.385 e. The third-order valence-corrected chi connectivity index (χ3v) is 3.59. The van der Waals surface area contributed by atoms with Crippen molar-refractivity contribution >= 4 is 29.2 Å². The lowest BCUT2D eigenvalue weighted by Crippen LogP contribution is -2.27. The van der Waals surface area contributed by atoms with Gasteiger partial charge >= 0.3 is 6.03 Å². The van der Waals surface area contributed by atoms with E-state index in [1.54, 1.807) is 4.90 Å². The minimum Gasteiger partial charge on any atom is -0.385 e. The van der Waals surface area contributed by atoms with E-state index >= 15 is 0 Å². The van der Waals surface area contributed by atoms with Crippen molar-refractivity contribution < 1.29 is 4.79 Å². The van der Waals surface area contributed by atoms with Crippen LogP contribution in [0.3, 0.4) is 0 Å². The number of rotatable bonds is 6. The lowest BCUT2D eigenvalue weighted by Gasteiger charge is -2.15. The van der Waals surface area contributed by atoms with Gasteiger partial charge < -0.3 is 10.6 Å². The topological polar surface area (TPSA) is 44.4 Å². The molecular formula is C13H19N3OS. The third kappa shape index (κ3) is 3.32. The predicted octanol–water partition coefficient (Wildman–Crippen LogP) is 2.38. The molecule has 0 saturated carbocycles. The Morgan fingerprint density at radius 2 is 2.17 bits per heavy atom. The summed E-state index contributed by atoms with van der Waals surface area (Å²) in [6, 6.07) is 8.03. The molecule has 0 aliphatic carbocycles. The van der Waals surface area contributed by atoms with Crippen LogP contribution in [0.25, 0.3) is 0 Å². The first-order valence-corrected chi connectivity index (χ1v) is 7.59. The molecule has 1 heterocycles. The summed E-state index contributed by atoms with van der Waals surface area (Å²) in [6.45, 7) is 2.47. The zero-order valence-corrected chi connectivity index (χ0v) is 11.4. The van der Waals surface area contributed by atoms with Crippen LogP contribution in [0.1, 0.15) is 6.42 Å². The van der Waals surface area contributed by atoms with Crippen LogP contribution in [0.5, 0.6) is 0 Å². The fourth-order valence-electron chi connectivity index (χ4n) is 1.93. The number of nitrogens with zero attached hydrogens (tertiary/aromatic N) is 1. The highest BCUT2D eigenvalue weighted by atomic mass is 32.2. The van der Waals surface area contributed by atoms with Gasteiger partial charge in [0.15, 0.2) is 0 Å². The van der Waals surface area contributed by atoms with Crippen LogP contribution >= 0.6 is 11.8 Å². The van der Waals surface area contributed by atoms with Gasteiger partial charge in [0.05, 0.1) is 0 Å². The van der Waals surface area contributed by atoms with E-state index in [4.69, 9.17) is 0 Å². The molecule has 1 saturated heterocycles. The summed E-state index contributed by atoms with van der Waals surface area (Å²) in [5.41, 5.74) is 2.07. The molecule has 18 heavy (non-hydrogen) atoms. The van der Waals surface area contributed by atoms with Crippen molar-refractivity contribution in [1.82, 2.24) is 5.32 Å². The molecule has 2 rings (SSSR count). The van der Waals surface area contributed by atoms with Gasteiger partial charge in [-0.15, -0.1) is 0 Å². The Morgan fingerprint density at radius 1 is 1.39 bits per heavy atom. The van der Waals surface area contributed by atoms with Gasteiger partial charge in [-0.2, -0.15) is 11.8 Å². The van der Waals surface area contributed by atoms with Gasteiger partial charge in [-0.3, -0.25) is 4.90 Å². The maximum absolute atomic E-state index is 11.5. The average Bonchev–Trinajstić information content (AvgIpc) is 2.82. The molecule has 0 spiro atoms. The zero-order chi connectivity index (χ0) is 12.8. The standard InChI is InChI=1S/C13H19N3OS/c1-18-10-2-7-14-11-3-5-12(6-4-11)16-9-8-15-13(16)17/h3-6,14H,2,7-10H2,1H3,(H,15,17). The van der Waals surface area contributed by atoms with Gasteiger partial charge in [0, 0.05) is 31.0 Å². The van der Waals surface area contributed by atoms with E-state index in [1.165, 1.54) is 5.75 Å².